The topological polar surface area (TPSA) is 74.6 Å². The van der Waals surface area contributed by atoms with Gasteiger partial charge in [-0.3, -0.25) is 0 Å². The molecule has 29 heavy (non-hydrogen) atoms. The van der Waals surface area contributed by atoms with Crippen LogP contribution < -0.4 is 0 Å². The molecule has 5 nitrogen and oxygen atoms in total. The van der Waals surface area contributed by atoms with Crippen molar-refractivity contribution in [1.82, 2.24) is 9.55 Å². The summed E-state index contributed by atoms with van der Waals surface area (Å²) in [5.41, 5.74) is 3.14. The minimum absolute atomic E-state index is 0.487. The zero-order valence-corrected chi connectivity index (χ0v) is 17.4. The Morgan fingerprint density at radius 3 is 2.38 bits per heavy atom. The van der Waals surface area contributed by atoms with E-state index >= 15 is 0 Å². The third-order valence-electron chi connectivity index (χ3n) is 4.50. The first-order valence-corrected chi connectivity index (χ1v) is 10.3. The highest BCUT2D eigenvalue weighted by atomic mass is 32.2. The number of rotatable bonds is 8. The summed E-state index contributed by atoms with van der Waals surface area (Å²) in [6.07, 6.45) is 1.53. The zero-order valence-electron chi connectivity index (χ0n) is 16.6. The number of imidazole rings is 1. The lowest BCUT2D eigenvalue weighted by atomic mass is 10.1. The maximum Gasteiger partial charge on any atom is 0.111 e. The summed E-state index contributed by atoms with van der Waals surface area (Å²) in [7, 11) is 2.00. The van der Waals surface area contributed by atoms with Crippen LogP contribution in [0.15, 0.2) is 58.5 Å². The van der Waals surface area contributed by atoms with Crippen LogP contribution in [0.2, 0.25) is 0 Å². The number of aryl methyl sites for hydroxylation is 1. The molecule has 0 spiro atoms. The van der Waals surface area contributed by atoms with E-state index in [0.717, 1.165) is 39.8 Å². The van der Waals surface area contributed by atoms with Gasteiger partial charge in [0.2, 0.25) is 0 Å². The molecule has 0 fully saturated rings. The molecule has 0 bridgehead atoms. The average Bonchev–Trinajstić information content (AvgIpc) is 3.06. The molecule has 6 heteroatoms. The van der Waals surface area contributed by atoms with Crippen LogP contribution >= 0.6 is 11.8 Å². The van der Waals surface area contributed by atoms with Crippen LogP contribution in [0.25, 0.3) is 0 Å². The third-order valence-corrected chi connectivity index (χ3v) is 5.67. The summed E-state index contributed by atoms with van der Waals surface area (Å²) < 4.78 is 7.89. The monoisotopic (exact) mass is 402 g/mol. The minimum atomic E-state index is 0.487. The predicted molar refractivity (Wildman–Crippen MR) is 112 cm³/mol. The fourth-order valence-electron chi connectivity index (χ4n) is 3.00. The Hall–Kier alpha value is -3.06. The number of hydrogen-bond donors (Lipinski definition) is 0. The van der Waals surface area contributed by atoms with Gasteiger partial charge in [-0.1, -0.05) is 49.0 Å². The lowest BCUT2D eigenvalue weighted by Gasteiger charge is -2.08. The summed E-state index contributed by atoms with van der Waals surface area (Å²) in [5, 5.41) is 19.5. The van der Waals surface area contributed by atoms with E-state index in [1.54, 1.807) is 18.2 Å². The zero-order chi connectivity index (χ0) is 20.6. The van der Waals surface area contributed by atoms with Crippen molar-refractivity contribution in [1.29, 1.82) is 10.5 Å². The fourth-order valence-corrected chi connectivity index (χ4v) is 4.14. The van der Waals surface area contributed by atoms with Crippen molar-refractivity contribution in [3.05, 3.63) is 76.7 Å². The Morgan fingerprint density at radius 1 is 1.07 bits per heavy atom. The van der Waals surface area contributed by atoms with E-state index in [1.807, 2.05) is 25.2 Å². The van der Waals surface area contributed by atoms with Gasteiger partial charge in [-0.05, 0) is 30.2 Å². The summed E-state index contributed by atoms with van der Waals surface area (Å²) in [6, 6.07) is 19.6. The molecule has 146 valence electrons. The summed E-state index contributed by atoms with van der Waals surface area (Å²) in [6.45, 7) is 3.26. The summed E-state index contributed by atoms with van der Waals surface area (Å²) in [5.74, 6) is 0.967. The molecule has 0 aliphatic rings. The molecule has 1 aromatic heterocycles. The average molecular weight is 403 g/mol. The van der Waals surface area contributed by atoms with E-state index in [1.165, 1.54) is 11.8 Å². The summed E-state index contributed by atoms with van der Waals surface area (Å²) >= 11 is 1.54. The second-order valence-corrected chi connectivity index (χ2v) is 7.61. The van der Waals surface area contributed by atoms with Crippen molar-refractivity contribution >= 4 is 11.8 Å². The van der Waals surface area contributed by atoms with Crippen LogP contribution in [0.5, 0.6) is 0 Å². The van der Waals surface area contributed by atoms with E-state index < -0.39 is 0 Å². The van der Waals surface area contributed by atoms with E-state index in [-0.39, 0.29) is 0 Å². The molecule has 0 aliphatic heterocycles. The molecule has 0 aliphatic carbocycles. The maximum absolute atomic E-state index is 9.21. The van der Waals surface area contributed by atoms with Crippen molar-refractivity contribution < 1.29 is 4.74 Å². The molecular formula is C23H22N4OS. The van der Waals surface area contributed by atoms with Crippen LogP contribution in [0.4, 0.5) is 0 Å². The first-order valence-electron chi connectivity index (χ1n) is 9.43. The van der Waals surface area contributed by atoms with Crippen LogP contribution in [0.1, 0.15) is 35.1 Å². The largest absolute Gasteiger partial charge is 0.376 e. The number of nitrogens with zero attached hydrogens (tertiary/aromatic N) is 4. The molecule has 3 rings (SSSR count). The van der Waals surface area contributed by atoms with Crippen molar-refractivity contribution in [3.8, 4) is 12.1 Å². The van der Waals surface area contributed by atoms with Gasteiger partial charge in [0, 0.05) is 18.4 Å². The van der Waals surface area contributed by atoms with Crippen molar-refractivity contribution in [2.45, 2.75) is 36.3 Å². The highest BCUT2D eigenvalue weighted by Gasteiger charge is 2.15. The molecule has 0 saturated carbocycles. The Balaban J connectivity index is 1.71. The number of hydrogen-bond acceptors (Lipinski definition) is 5. The first kappa shape index (κ1) is 20.7. The molecule has 2 aromatic carbocycles. The Bertz CT molecular complexity index is 1030. The van der Waals surface area contributed by atoms with Crippen LogP contribution in [-0.4, -0.2) is 16.2 Å². The van der Waals surface area contributed by atoms with Crippen molar-refractivity contribution in [2.24, 2.45) is 7.05 Å². The summed E-state index contributed by atoms with van der Waals surface area (Å²) in [4.78, 5) is 5.65. The van der Waals surface area contributed by atoms with E-state index in [9.17, 15) is 10.5 Å². The molecule has 0 N–H and O–H groups in total. The molecule has 0 radical (unpaired) electrons. The quantitative estimate of drug-likeness (QED) is 0.513. The van der Waals surface area contributed by atoms with Crippen molar-refractivity contribution in [2.75, 3.05) is 6.61 Å². The number of ether oxygens (including phenoxy) is 1. The maximum atomic E-state index is 9.21. The molecule has 0 amide bonds. The first-order chi connectivity index (χ1) is 14.1. The highest BCUT2D eigenvalue weighted by molar-refractivity contribution is 7.99. The molecule has 1 heterocycles. The molecular weight excluding hydrogens is 380 g/mol. The predicted octanol–water partition coefficient (Wildman–Crippen LogP) is 4.64. The standard InChI is InChI=1S/C23H22N4OS/c1-3-21-23(29-20-12-18(14-24)11-19(13-20)15-25)27(2)22(26-21)9-10-28-16-17-7-5-4-6-8-17/h4-8,11-13H,3,9-10,16H2,1-2H3. The Labute approximate surface area is 175 Å². The number of benzene rings is 2. The lowest BCUT2D eigenvalue weighted by Crippen LogP contribution is -2.05. The Morgan fingerprint density at radius 2 is 1.76 bits per heavy atom. The smallest absolute Gasteiger partial charge is 0.111 e. The molecule has 0 unspecified atom stereocenters. The van der Waals surface area contributed by atoms with Crippen LogP contribution in [-0.2, 0) is 31.2 Å². The molecule has 3 aromatic rings. The Kier molecular flexibility index (Phi) is 7.08. The number of aromatic nitrogens is 2. The van der Waals surface area contributed by atoms with Gasteiger partial charge < -0.3 is 9.30 Å². The van der Waals surface area contributed by atoms with Gasteiger partial charge in [0.1, 0.15) is 10.9 Å². The lowest BCUT2D eigenvalue weighted by molar-refractivity contribution is 0.122. The minimum Gasteiger partial charge on any atom is -0.376 e. The van der Waals surface area contributed by atoms with Gasteiger partial charge in [0.05, 0.1) is 42.2 Å². The number of nitriles is 2. The second kappa shape index (κ2) is 9.93. The van der Waals surface area contributed by atoms with E-state index in [2.05, 4.69) is 35.8 Å². The molecule has 0 atom stereocenters. The highest BCUT2D eigenvalue weighted by Crippen LogP contribution is 2.32. The van der Waals surface area contributed by atoms with Gasteiger partial charge >= 0.3 is 0 Å². The van der Waals surface area contributed by atoms with Crippen molar-refractivity contribution in [3.63, 3.8) is 0 Å². The van der Waals surface area contributed by atoms with E-state index in [4.69, 9.17) is 9.72 Å². The van der Waals surface area contributed by atoms with Crippen LogP contribution in [0, 0.1) is 22.7 Å². The normalized spacial score (nSPS) is 10.5. The van der Waals surface area contributed by atoms with E-state index in [0.29, 0.717) is 24.3 Å². The fraction of sp³-hybridized carbons (Fsp3) is 0.261. The van der Waals surface area contributed by atoms with Gasteiger partial charge in [-0.2, -0.15) is 10.5 Å². The second-order valence-electron chi connectivity index (χ2n) is 6.55. The van der Waals surface area contributed by atoms with Gasteiger partial charge in [-0.15, -0.1) is 0 Å². The van der Waals surface area contributed by atoms with Crippen LogP contribution in [0.3, 0.4) is 0 Å². The van der Waals surface area contributed by atoms with Gasteiger partial charge in [-0.25, -0.2) is 4.98 Å². The van der Waals surface area contributed by atoms with Gasteiger partial charge in [0.25, 0.3) is 0 Å². The third kappa shape index (κ3) is 5.26. The SMILES string of the molecule is CCc1nc(CCOCc2ccccc2)n(C)c1Sc1cc(C#N)cc(C#N)c1. The molecule has 0 saturated heterocycles. The van der Waals surface area contributed by atoms with Gasteiger partial charge in [0.15, 0.2) is 0 Å².